The van der Waals surface area contributed by atoms with Crippen LogP contribution in [0.1, 0.15) is 32.5 Å². The summed E-state index contributed by atoms with van der Waals surface area (Å²) in [4.78, 5) is 15.7. The van der Waals surface area contributed by atoms with Gasteiger partial charge >= 0.3 is 0 Å². The monoisotopic (exact) mass is 410 g/mol. The van der Waals surface area contributed by atoms with Crippen LogP contribution in [-0.2, 0) is 11.3 Å². The van der Waals surface area contributed by atoms with Crippen molar-refractivity contribution in [2.24, 2.45) is 0 Å². The molecule has 0 spiro atoms. The van der Waals surface area contributed by atoms with Crippen LogP contribution in [0.25, 0.3) is 21.3 Å². The lowest BCUT2D eigenvalue weighted by Crippen LogP contribution is -2.46. The van der Waals surface area contributed by atoms with Crippen LogP contribution in [0.2, 0.25) is 0 Å². The molecule has 0 amide bonds. The molecule has 3 heterocycles. The summed E-state index contributed by atoms with van der Waals surface area (Å²) in [6.45, 7) is 7.28. The van der Waals surface area contributed by atoms with E-state index in [1.54, 1.807) is 18.4 Å². The van der Waals surface area contributed by atoms with E-state index in [4.69, 9.17) is 14.7 Å². The summed E-state index contributed by atoms with van der Waals surface area (Å²) in [7, 11) is 3.89. The van der Waals surface area contributed by atoms with Crippen molar-refractivity contribution in [1.82, 2.24) is 14.9 Å². The van der Waals surface area contributed by atoms with Crippen LogP contribution in [0.3, 0.4) is 0 Å². The third-order valence-electron chi connectivity index (χ3n) is 5.93. The Labute approximate surface area is 177 Å². The van der Waals surface area contributed by atoms with Gasteiger partial charge in [0, 0.05) is 50.3 Å². The first kappa shape index (κ1) is 20.3. The van der Waals surface area contributed by atoms with Gasteiger partial charge in [-0.2, -0.15) is 0 Å². The molecule has 3 aromatic rings. The number of ether oxygens (including phenoxy) is 1. The van der Waals surface area contributed by atoms with Gasteiger partial charge < -0.3 is 14.5 Å². The number of rotatable bonds is 6. The average Bonchev–Trinajstić information content (AvgIpc) is 3.17. The molecule has 2 aromatic heterocycles. The Morgan fingerprint density at radius 1 is 1.17 bits per heavy atom. The molecule has 1 saturated heterocycles. The highest BCUT2D eigenvalue weighted by atomic mass is 32.1. The van der Waals surface area contributed by atoms with E-state index in [0.717, 1.165) is 47.8 Å². The molecule has 29 heavy (non-hydrogen) atoms. The summed E-state index contributed by atoms with van der Waals surface area (Å²) >= 11 is 1.69. The molecule has 0 radical (unpaired) electrons. The van der Waals surface area contributed by atoms with Crippen LogP contribution in [0.5, 0.6) is 0 Å². The number of aromatic nitrogens is 2. The standard InChI is InChI=1S/C23H30N4OS/c1-16(2)27-12-10-18(11-13-27)26(3)22-21-19(17-8-6-5-7-9-17)15-29-23(21)25-20(24-22)14-28-4/h5-9,15-16,18H,10-14H2,1-4H3. The minimum absolute atomic E-state index is 0.432. The van der Waals surface area contributed by atoms with Crippen LogP contribution in [0.4, 0.5) is 5.82 Å². The van der Waals surface area contributed by atoms with Gasteiger partial charge in [0.1, 0.15) is 17.3 Å². The zero-order valence-corrected chi connectivity index (χ0v) is 18.6. The minimum atomic E-state index is 0.432. The van der Waals surface area contributed by atoms with Crippen LogP contribution in [0.15, 0.2) is 35.7 Å². The van der Waals surface area contributed by atoms with Gasteiger partial charge in [0.15, 0.2) is 5.82 Å². The predicted octanol–water partition coefficient (Wildman–Crippen LogP) is 4.81. The highest BCUT2D eigenvalue weighted by Crippen LogP contribution is 2.39. The molecule has 4 rings (SSSR count). The van der Waals surface area contributed by atoms with Gasteiger partial charge in [-0.1, -0.05) is 30.3 Å². The Bertz CT molecular complexity index is 948. The van der Waals surface area contributed by atoms with Crippen molar-refractivity contribution in [2.45, 2.75) is 45.4 Å². The number of piperidine rings is 1. The van der Waals surface area contributed by atoms with E-state index >= 15 is 0 Å². The maximum Gasteiger partial charge on any atom is 0.158 e. The fraction of sp³-hybridized carbons (Fsp3) is 0.478. The fourth-order valence-corrected chi connectivity index (χ4v) is 5.17. The number of hydrogen-bond donors (Lipinski definition) is 0. The van der Waals surface area contributed by atoms with Crippen LogP contribution >= 0.6 is 11.3 Å². The third kappa shape index (κ3) is 4.15. The Morgan fingerprint density at radius 3 is 2.55 bits per heavy atom. The number of hydrogen-bond acceptors (Lipinski definition) is 6. The SMILES string of the molecule is COCc1nc(N(C)C2CCN(C(C)C)CC2)c2c(-c3ccccc3)csc2n1. The lowest BCUT2D eigenvalue weighted by atomic mass is 10.0. The topological polar surface area (TPSA) is 41.5 Å². The number of likely N-dealkylation sites (tertiary alicyclic amines) is 1. The Hall–Kier alpha value is -2.02. The highest BCUT2D eigenvalue weighted by Gasteiger charge is 2.27. The Kier molecular flexibility index (Phi) is 6.13. The molecule has 1 aliphatic rings. The van der Waals surface area contributed by atoms with Crippen molar-refractivity contribution in [2.75, 3.05) is 32.1 Å². The minimum Gasteiger partial charge on any atom is -0.377 e. The Balaban J connectivity index is 1.74. The molecule has 154 valence electrons. The van der Waals surface area contributed by atoms with Crippen molar-refractivity contribution >= 4 is 27.4 Å². The zero-order valence-electron chi connectivity index (χ0n) is 17.8. The molecule has 0 N–H and O–H groups in total. The van der Waals surface area contributed by atoms with Crippen molar-refractivity contribution in [1.29, 1.82) is 0 Å². The molecular weight excluding hydrogens is 380 g/mol. The van der Waals surface area contributed by atoms with Crippen LogP contribution < -0.4 is 4.90 Å². The second kappa shape index (κ2) is 8.78. The summed E-state index contributed by atoms with van der Waals surface area (Å²) in [6, 6.07) is 11.7. The number of methoxy groups -OCH3 is 1. The lowest BCUT2D eigenvalue weighted by molar-refractivity contribution is 0.170. The number of nitrogens with zero attached hydrogens (tertiary/aromatic N) is 4. The average molecular weight is 411 g/mol. The van der Waals surface area contributed by atoms with Crippen molar-refractivity contribution in [3.63, 3.8) is 0 Å². The van der Waals surface area contributed by atoms with E-state index in [1.165, 1.54) is 11.1 Å². The number of anilines is 1. The van der Waals surface area contributed by atoms with Gasteiger partial charge in [0.05, 0.1) is 5.39 Å². The van der Waals surface area contributed by atoms with Gasteiger partial charge in [0.25, 0.3) is 0 Å². The summed E-state index contributed by atoms with van der Waals surface area (Å²) < 4.78 is 5.34. The number of benzene rings is 1. The molecule has 0 aliphatic carbocycles. The molecule has 0 bridgehead atoms. The smallest absolute Gasteiger partial charge is 0.158 e. The van der Waals surface area contributed by atoms with E-state index < -0.39 is 0 Å². The lowest BCUT2D eigenvalue weighted by Gasteiger charge is -2.39. The van der Waals surface area contributed by atoms with E-state index in [0.29, 0.717) is 18.7 Å². The maximum atomic E-state index is 5.34. The molecule has 1 aliphatic heterocycles. The van der Waals surface area contributed by atoms with E-state index in [1.807, 2.05) is 0 Å². The molecule has 1 fully saturated rings. The molecule has 0 unspecified atom stereocenters. The zero-order chi connectivity index (χ0) is 20.4. The van der Waals surface area contributed by atoms with Gasteiger partial charge in [-0.3, -0.25) is 0 Å². The summed E-state index contributed by atoms with van der Waals surface area (Å²) in [5.41, 5.74) is 2.43. The highest BCUT2D eigenvalue weighted by molar-refractivity contribution is 7.17. The number of fused-ring (bicyclic) bond motifs is 1. The van der Waals surface area contributed by atoms with Gasteiger partial charge in [-0.15, -0.1) is 11.3 Å². The van der Waals surface area contributed by atoms with Crippen molar-refractivity contribution < 1.29 is 4.74 Å². The quantitative estimate of drug-likeness (QED) is 0.583. The van der Waals surface area contributed by atoms with Crippen molar-refractivity contribution in [3.05, 3.63) is 41.5 Å². The molecule has 1 aromatic carbocycles. The first-order valence-electron chi connectivity index (χ1n) is 10.4. The van der Waals surface area contributed by atoms with E-state index in [9.17, 15) is 0 Å². The first-order chi connectivity index (χ1) is 14.1. The number of thiophene rings is 1. The normalized spacial score (nSPS) is 16.0. The molecule has 5 nitrogen and oxygen atoms in total. The summed E-state index contributed by atoms with van der Waals surface area (Å²) in [5, 5.41) is 3.37. The van der Waals surface area contributed by atoms with E-state index in [2.05, 4.69) is 66.4 Å². The molecule has 0 saturated carbocycles. The first-order valence-corrected chi connectivity index (χ1v) is 11.3. The molecular formula is C23H30N4OS. The van der Waals surface area contributed by atoms with Crippen LogP contribution in [-0.4, -0.2) is 54.2 Å². The van der Waals surface area contributed by atoms with E-state index in [-0.39, 0.29) is 0 Å². The van der Waals surface area contributed by atoms with Crippen LogP contribution in [0, 0.1) is 0 Å². The third-order valence-corrected chi connectivity index (χ3v) is 6.80. The molecule has 6 heteroatoms. The van der Waals surface area contributed by atoms with Gasteiger partial charge in [-0.05, 0) is 32.3 Å². The summed E-state index contributed by atoms with van der Waals surface area (Å²) in [6.07, 6.45) is 2.31. The Morgan fingerprint density at radius 2 is 1.90 bits per heavy atom. The second-order valence-corrected chi connectivity index (χ2v) is 8.92. The van der Waals surface area contributed by atoms with Crippen molar-refractivity contribution in [3.8, 4) is 11.1 Å². The van der Waals surface area contributed by atoms with Gasteiger partial charge in [0.2, 0.25) is 0 Å². The largest absolute Gasteiger partial charge is 0.377 e. The second-order valence-electron chi connectivity index (χ2n) is 8.06. The van der Waals surface area contributed by atoms with Gasteiger partial charge in [-0.25, -0.2) is 9.97 Å². The molecule has 0 atom stereocenters. The maximum absolute atomic E-state index is 5.34. The predicted molar refractivity (Wildman–Crippen MR) is 122 cm³/mol. The fourth-order valence-electron chi connectivity index (χ4n) is 4.21. The summed E-state index contributed by atoms with van der Waals surface area (Å²) in [5.74, 6) is 1.79.